The molecule has 0 aliphatic rings. The van der Waals surface area contributed by atoms with Gasteiger partial charge in [0.15, 0.2) is 0 Å². The van der Waals surface area contributed by atoms with Crippen LogP contribution in [0, 0.1) is 6.92 Å². The van der Waals surface area contributed by atoms with Gasteiger partial charge in [-0.25, -0.2) is 8.42 Å². The summed E-state index contributed by atoms with van der Waals surface area (Å²) in [5, 5.41) is 0.526. The lowest BCUT2D eigenvalue weighted by molar-refractivity contribution is 0.600. The van der Waals surface area contributed by atoms with Crippen LogP contribution >= 0.6 is 11.6 Å². The van der Waals surface area contributed by atoms with Crippen LogP contribution in [0.4, 0.5) is 11.4 Å². The Labute approximate surface area is 123 Å². The highest BCUT2D eigenvalue weighted by Crippen LogP contribution is 2.24. The van der Waals surface area contributed by atoms with Gasteiger partial charge in [0.05, 0.1) is 11.4 Å². The fourth-order valence-corrected chi connectivity index (χ4v) is 3.19. The zero-order valence-corrected chi connectivity index (χ0v) is 12.5. The van der Waals surface area contributed by atoms with Gasteiger partial charge in [0.2, 0.25) is 10.0 Å². The van der Waals surface area contributed by atoms with Gasteiger partial charge >= 0.3 is 0 Å². The summed E-state index contributed by atoms with van der Waals surface area (Å²) in [6.45, 7) is 1.77. The summed E-state index contributed by atoms with van der Waals surface area (Å²) in [6.07, 6.45) is 0. The molecule has 4 nitrogen and oxygen atoms in total. The molecule has 0 saturated carbocycles. The molecule has 0 unspecified atom stereocenters. The molecule has 106 valence electrons. The molecule has 0 bridgehead atoms. The number of nitrogen functional groups attached to an aromatic ring is 1. The molecule has 0 aliphatic carbocycles. The number of sulfonamides is 1. The van der Waals surface area contributed by atoms with Gasteiger partial charge in [0.25, 0.3) is 0 Å². The maximum atomic E-state index is 12.1. The van der Waals surface area contributed by atoms with Gasteiger partial charge in [0.1, 0.15) is 0 Å². The van der Waals surface area contributed by atoms with E-state index in [0.717, 1.165) is 0 Å². The minimum absolute atomic E-state index is 0.112. The third-order valence-corrected chi connectivity index (χ3v) is 4.52. The van der Waals surface area contributed by atoms with E-state index in [0.29, 0.717) is 27.5 Å². The molecule has 0 spiro atoms. The molecule has 6 heteroatoms. The summed E-state index contributed by atoms with van der Waals surface area (Å²) in [5.41, 5.74) is 8.04. The second-order valence-corrected chi connectivity index (χ2v) is 6.64. The van der Waals surface area contributed by atoms with Gasteiger partial charge in [-0.05, 0) is 42.3 Å². The zero-order valence-electron chi connectivity index (χ0n) is 10.9. The Hall–Kier alpha value is -1.72. The van der Waals surface area contributed by atoms with Gasteiger partial charge in [-0.3, -0.25) is 4.72 Å². The molecule has 0 saturated heterocycles. The van der Waals surface area contributed by atoms with Crippen molar-refractivity contribution in [1.29, 1.82) is 0 Å². The molecule has 0 aromatic heterocycles. The average Bonchev–Trinajstić information content (AvgIpc) is 2.37. The first kappa shape index (κ1) is 14.7. The van der Waals surface area contributed by atoms with Crippen molar-refractivity contribution >= 4 is 33.0 Å². The summed E-state index contributed by atoms with van der Waals surface area (Å²) in [6, 6.07) is 11.8. The minimum atomic E-state index is -3.49. The number of nitrogens with one attached hydrogen (secondary N) is 1. The van der Waals surface area contributed by atoms with Crippen LogP contribution in [0.3, 0.4) is 0 Å². The smallest absolute Gasteiger partial charge is 0.236 e. The van der Waals surface area contributed by atoms with Crippen LogP contribution in [0.2, 0.25) is 5.02 Å². The molecule has 20 heavy (non-hydrogen) atoms. The monoisotopic (exact) mass is 310 g/mol. The van der Waals surface area contributed by atoms with Crippen molar-refractivity contribution in [3.05, 3.63) is 58.6 Å². The van der Waals surface area contributed by atoms with E-state index < -0.39 is 10.0 Å². The lowest BCUT2D eigenvalue weighted by Crippen LogP contribution is -2.15. The molecule has 2 aromatic rings. The number of anilines is 2. The number of hydrogen-bond donors (Lipinski definition) is 2. The Morgan fingerprint density at radius 3 is 2.45 bits per heavy atom. The van der Waals surface area contributed by atoms with Gasteiger partial charge in [-0.1, -0.05) is 29.8 Å². The van der Waals surface area contributed by atoms with Crippen molar-refractivity contribution in [3.8, 4) is 0 Å². The maximum absolute atomic E-state index is 12.1. The van der Waals surface area contributed by atoms with Crippen LogP contribution in [0.5, 0.6) is 0 Å². The van der Waals surface area contributed by atoms with Crippen molar-refractivity contribution in [2.45, 2.75) is 12.7 Å². The molecule has 0 aliphatic heterocycles. The van der Waals surface area contributed by atoms with Crippen LogP contribution in [0.25, 0.3) is 0 Å². The Balaban J connectivity index is 2.19. The summed E-state index contributed by atoms with van der Waals surface area (Å²) in [7, 11) is -3.49. The van der Waals surface area contributed by atoms with E-state index in [4.69, 9.17) is 17.3 Å². The first-order valence-corrected chi connectivity index (χ1v) is 8.00. The van der Waals surface area contributed by atoms with Gasteiger partial charge in [-0.15, -0.1) is 0 Å². The SMILES string of the molecule is Cc1c(Cl)cccc1NS(=O)(=O)Cc1ccc(N)cc1. The highest BCUT2D eigenvalue weighted by molar-refractivity contribution is 7.91. The summed E-state index contributed by atoms with van der Waals surface area (Å²) >= 11 is 5.97. The maximum Gasteiger partial charge on any atom is 0.236 e. The number of benzene rings is 2. The van der Waals surface area contributed by atoms with E-state index in [-0.39, 0.29) is 5.75 Å². The molecule has 2 aromatic carbocycles. The minimum Gasteiger partial charge on any atom is -0.399 e. The highest BCUT2D eigenvalue weighted by Gasteiger charge is 2.13. The molecule has 0 radical (unpaired) electrons. The van der Waals surface area contributed by atoms with Gasteiger partial charge in [0, 0.05) is 10.7 Å². The molecular weight excluding hydrogens is 296 g/mol. The summed E-state index contributed by atoms with van der Waals surface area (Å²) in [5.74, 6) is -0.112. The Morgan fingerprint density at radius 1 is 1.15 bits per heavy atom. The van der Waals surface area contributed by atoms with Crippen molar-refractivity contribution in [2.75, 3.05) is 10.5 Å². The van der Waals surface area contributed by atoms with Gasteiger partial charge < -0.3 is 5.73 Å². The van der Waals surface area contributed by atoms with Gasteiger partial charge in [-0.2, -0.15) is 0 Å². The fraction of sp³-hybridized carbons (Fsp3) is 0.143. The zero-order chi connectivity index (χ0) is 14.8. The van der Waals surface area contributed by atoms with E-state index in [1.54, 1.807) is 49.4 Å². The van der Waals surface area contributed by atoms with Crippen LogP contribution in [-0.2, 0) is 15.8 Å². The quantitative estimate of drug-likeness (QED) is 0.852. The van der Waals surface area contributed by atoms with E-state index >= 15 is 0 Å². The van der Waals surface area contributed by atoms with E-state index in [1.807, 2.05) is 0 Å². The second-order valence-electron chi connectivity index (χ2n) is 4.52. The molecule has 0 fully saturated rings. The molecule has 0 atom stereocenters. The van der Waals surface area contributed by atoms with Crippen molar-refractivity contribution in [3.63, 3.8) is 0 Å². The molecular formula is C14H15ClN2O2S. The van der Waals surface area contributed by atoms with Crippen LogP contribution in [0.15, 0.2) is 42.5 Å². The predicted molar refractivity (Wildman–Crippen MR) is 83.3 cm³/mol. The van der Waals surface area contributed by atoms with Crippen molar-refractivity contribution < 1.29 is 8.42 Å². The van der Waals surface area contributed by atoms with Crippen molar-refractivity contribution in [2.24, 2.45) is 0 Å². The molecule has 2 rings (SSSR count). The third-order valence-electron chi connectivity index (χ3n) is 2.87. The van der Waals surface area contributed by atoms with Crippen LogP contribution < -0.4 is 10.5 Å². The fourth-order valence-electron chi connectivity index (χ4n) is 1.75. The lowest BCUT2D eigenvalue weighted by Gasteiger charge is -2.11. The topological polar surface area (TPSA) is 72.2 Å². The summed E-state index contributed by atoms with van der Waals surface area (Å²) < 4.78 is 26.8. The Morgan fingerprint density at radius 2 is 1.80 bits per heavy atom. The van der Waals surface area contributed by atoms with Crippen molar-refractivity contribution in [1.82, 2.24) is 0 Å². The van der Waals surface area contributed by atoms with E-state index in [9.17, 15) is 8.42 Å². The second kappa shape index (κ2) is 5.73. The largest absolute Gasteiger partial charge is 0.399 e. The summed E-state index contributed by atoms with van der Waals surface area (Å²) in [4.78, 5) is 0. The number of nitrogens with two attached hydrogens (primary N) is 1. The van der Waals surface area contributed by atoms with E-state index in [2.05, 4.69) is 4.72 Å². The molecule has 3 N–H and O–H groups in total. The number of hydrogen-bond acceptors (Lipinski definition) is 3. The first-order chi connectivity index (χ1) is 9.37. The highest BCUT2D eigenvalue weighted by atomic mass is 35.5. The molecule has 0 heterocycles. The Kier molecular flexibility index (Phi) is 4.20. The van der Waals surface area contributed by atoms with Crippen LogP contribution in [0.1, 0.15) is 11.1 Å². The number of halogens is 1. The Bertz CT molecular complexity index is 712. The van der Waals surface area contributed by atoms with E-state index in [1.165, 1.54) is 0 Å². The normalized spacial score (nSPS) is 11.3. The first-order valence-electron chi connectivity index (χ1n) is 5.97. The van der Waals surface area contributed by atoms with Crippen LogP contribution in [-0.4, -0.2) is 8.42 Å². The molecule has 0 amide bonds. The number of rotatable bonds is 4. The third kappa shape index (κ3) is 3.65. The lowest BCUT2D eigenvalue weighted by atomic mass is 10.2. The standard InChI is InChI=1S/C14H15ClN2O2S/c1-10-13(15)3-2-4-14(10)17-20(18,19)9-11-5-7-12(16)8-6-11/h2-8,17H,9,16H2,1H3. The predicted octanol–water partition coefficient (Wildman–Crippen LogP) is 3.17. The average molecular weight is 311 g/mol.